The van der Waals surface area contributed by atoms with E-state index in [1.807, 2.05) is 0 Å². The van der Waals surface area contributed by atoms with Gasteiger partial charge in [0.25, 0.3) is 80.9 Å². The Kier molecular flexibility index (Phi) is 16.3. The standard InChI is InChI=1S/C46H31N9O27S8/c47-38-37-20(16-35(88(74,75)76)42(45(37)58)55-50-28-10-9-23-25(46(28)90(80,81)82)18-36(89(77,78)79)41(43(23)56)54-49-27-7-3-4-8-31(27)84(62,63)64)15-33(86(68,69)70)39(38)52-51-29-17-24-19(13-32(29)85(65,66)67)14-34(87(71,72)73)40(44(24)57)53-48-26-11-12-30(83(59,60)61)22-6-2-1-5-21(22)26/h1-18,56-58H,47H2,(H,59,60,61)(H,62,63,64)(H,65,66,67)(H,68,69,70)(H,71,72,73)(H,74,75,76)(H,77,78,79)(H,80,81,82). The van der Waals surface area contributed by atoms with Gasteiger partial charge in [0.1, 0.15) is 79.0 Å². The van der Waals surface area contributed by atoms with Crippen LogP contribution in [0.4, 0.5) is 51.2 Å². The van der Waals surface area contributed by atoms with Crippen LogP contribution in [0.1, 0.15) is 0 Å². The monoisotopic (exact) mass is 1400 g/mol. The van der Waals surface area contributed by atoms with E-state index in [0.717, 1.165) is 36.4 Å². The zero-order valence-corrected chi connectivity index (χ0v) is 49.8. The van der Waals surface area contributed by atoms with Gasteiger partial charge in [-0.05, 0) is 83.6 Å². The number of anilines is 1. The highest BCUT2D eigenvalue weighted by atomic mass is 32.2. The molecule has 0 aliphatic rings. The summed E-state index contributed by atoms with van der Waals surface area (Å²) in [4.78, 5) is -10.1. The number of hydrogen-bond acceptors (Lipinski definition) is 28. The molecule has 0 saturated heterocycles. The van der Waals surface area contributed by atoms with Gasteiger partial charge >= 0.3 is 0 Å². The van der Waals surface area contributed by atoms with Crippen molar-refractivity contribution in [1.82, 2.24) is 0 Å². The van der Waals surface area contributed by atoms with Crippen LogP contribution in [0.5, 0.6) is 17.2 Å². The highest BCUT2D eigenvalue weighted by molar-refractivity contribution is 7.88. The van der Waals surface area contributed by atoms with Crippen LogP contribution in [-0.4, -0.2) is 119 Å². The molecule has 9 rings (SSSR count). The number of hydrogen-bond donors (Lipinski definition) is 12. The first-order chi connectivity index (χ1) is 41.4. The van der Waals surface area contributed by atoms with Crippen LogP contribution in [0.25, 0.3) is 43.1 Å². The van der Waals surface area contributed by atoms with Crippen molar-refractivity contribution < 1.29 is 119 Å². The summed E-state index contributed by atoms with van der Waals surface area (Å²) in [6.45, 7) is 0. The number of nitrogens with two attached hydrogens (primary N) is 1. The summed E-state index contributed by atoms with van der Waals surface area (Å²) in [7, 11) is -43.9. The van der Waals surface area contributed by atoms with E-state index in [1.54, 1.807) is 0 Å². The van der Waals surface area contributed by atoms with Crippen molar-refractivity contribution in [3.63, 3.8) is 0 Å². The number of phenolic OH excluding ortho intramolecular Hbond substituents is 3. The van der Waals surface area contributed by atoms with Gasteiger partial charge in [-0.3, -0.25) is 36.4 Å². The maximum Gasteiger partial charge on any atom is 0.297 e. The third kappa shape index (κ3) is 12.6. The first-order valence-corrected chi connectivity index (χ1v) is 34.8. The second-order valence-corrected chi connectivity index (χ2v) is 29.3. The van der Waals surface area contributed by atoms with Gasteiger partial charge in [0.15, 0.2) is 17.2 Å². The summed E-state index contributed by atoms with van der Waals surface area (Å²) < 4.78 is 284. The number of fused-ring (bicyclic) bond motifs is 4. The van der Waals surface area contributed by atoms with Crippen molar-refractivity contribution in [2.24, 2.45) is 40.9 Å². The Bertz CT molecular complexity index is 5830. The molecule has 0 unspecified atom stereocenters. The number of nitrogens with zero attached hydrogens (tertiary/aromatic N) is 8. The average molecular weight is 1400 g/mol. The fraction of sp³-hybridized carbons (Fsp3) is 0. The summed E-state index contributed by atoms with van der Waals surface area (Å²) in [6, 6.07) is 15.0. The van der Waals surface area contributed by atoms with Gasteiger partial charge in [-0.25, -0.2) is 0 Å². The maximum absolute atomic E-state index is 13.1. The predicted molar refractivity (Wildman–Crippen MR) is 307 cm³/mol. The van der Waals surface area contributed by atoms with Gasteiger partial charge < -0.3 is 21.1 Å². The van der Waals surface area contributed by atoms with E-state index in [2.05, 4.69) is 40.9 Å². The minimum Gasteiger partial charge on any atom is -0.505 e. The van der Waals surface area contributed by atoms with Gasteiger partial charge in [0, 0.05) is 26.9 Å². The van der Waals surface area contributed by atoms with Gasteiger partial charge in [-0.2, -0.15) is 67.3 Å². The van der Waals surface area contributed by atoms with Gasteiger partial charge in [-0.15, -0.1) is 40.9 Å². The third-order valence-electron chi connectivity index (χ3n) is 12.6. The van der Waals surface area contributed by atoms with Gasteiger partial charge in [0.2, 0.25) is 0 Å². The Hall–Kier alpha value is -9.10. The molecule has 0 aliphatic carbocycles. The molecule has 0 bridgehead atoms. The Morgan fingerprint density at radius 2 is 0.678 bits per heavy atom. The number of benzene rings is 9. The largest absolute Gasteiger partial charge is 0.505 e. The Morgan fingerprint density at radius 1 is 0.278 bits per heavy atom. The van der Waals surface area contributed by atoms with E-state index in [4.69, 9.17) is 5.73 Å². The van der Waals surface area contributed by atoms with E-state index in [9.17, 15) is 119 Å². The number of azo groups is 4. The normalized spacial score (nSPS) is 13.6. The Balaban J connectivity index is 1.23. The van der Waals surface area contributed by atoms with Crippen molar-refractivity contribution in [3.05, 3.63) is 109 Å². The zero-order chi connectivity index (χ0) is 66.6. The Morgan fingerprint density at radius 3 is 1.21 bits per heavy atom. The van der Waals surface area contributed by atoms with E-state index in [0.29, 0.717) is 36.4 Å². The molecule has 0 radical (unpaired) electrons. The van der Waals surface area contributed by atoms with Crippen molar-refractivity contribution >= 4 is 175 Å². The fourth-order valence-electron chi connectivity index (χ4n) is 8.81. The van der Waals surface area contributed by atoms with Crippen molar-refractivity contribution in [3.8, 4) is 17.2 Å². The molecular formula is C46H31N9O27S8. The number of phenols is 3. The molecule has 0 amide bonds. The summed E-state index contributed by atoms with van der Waals surface area (Å²) in [5, 5.41) is 58.4. The molecule has 9 aromatic rings. The second-order valence-electron chi connectivity index (χ2n) is 18.2. The van der Waals surface area contributed by atoms with Crippen molar-refractivity contribution in [2.75, 3.05) is 5.73 Å². The summed E-state index contributed by atoms with van der Waals surface area (Å²) in [6.07, 6.45) is 0. The van der Waals surface area contributed by atoms with Crippen LogP contribution in [0.2, 0.25) is 0 Å². The number of aromatic hydroxyl groups is 3. The molecule has 0 aromatic heterocycles. The molecule has 9 aromatic carbocycles. The van der Waals surface area contributed by atoms with Crippen LogP contribution >= 0.6 is 0 Å². The third-order valence-corrected chi connectivity index (χ3v) is 19.7. The molecule has 90 heavy (non-hydrogen) atoms. The SMILES string of the molecule is Nc1c(N=Nc2cc3c(O)c(N=Nc4ccc(S(=O)(=O)O)c5ccccc45)c(S(=O)(=O)O)cc3cc2S(=O)(=O)O)c(S(=O)(=O)O)cc2cc(S(=O)(=O)O)c(N=Nc3ccc4c(O)c(N=Nc5ccccc5S(=O)(=O)O)c(S(=O)(=O)O)cc4c3S(=O)(=O)O)c(O)c12. The molecule has 0 atom stereocenters. The van der Waals surface area contributed by atoms with Gasteiger partial charge in [-0.1, -0.05) is 36.4 Å². The quantitative estimate of drug-likeness (QED) is 0.0244. The maximum atomic E-state index is 13.1. The summed E-state index contributed by atoms with van der Waals surface area (Å²) in [5.41, 5.74) is -3.16. The topological polar surface area (TPSA) is 621 Å². The van der Waals surface area contributed by atoms with Crippen LogP contribution in [0.3, 0.4) is 0 Å². The molecule has 0 spiro atoms. The molecule has 0 saturated carbocycles. The molecule has 0 fully saturated rings. The highest BCUT2D eigenvalue weighted by Crippen LogP contribution is 2.51. The first kappa shape index (κ1) is 65.3. The van der Waals surface area contributed by atoms with Crippen LogP contribution in [0, 0.1) is 0 Å². The molecule has 36 nitrogen and oxygen atoms in total. The lowest BCUT2D eigenvalue weighted by molar-refractivity contribution is 0.471. The van der Waals surface area contributed by atoms with E-state index >= 15 is 0 Å². The number of rotatable bonds is 16. The Labute approximate surface area is 503 Å². The number of nitrogen functional groups attached to an aromatic ring is 1. The lowest BCUT2D eigenvalue weighted by atomic mass is 10.0. The van der Waals surface area contributed by atoms with E-state index < -0.39 is 215 Å². The first-order valence-electron chi connectivity index (χ1n) is 23.2. The lowest BCUT2D eigenvalue weighted by Crippen LogP contribution is -2.04. The van der Waals surface area contributed by atoms with Crippen LogP contribution in [-0.2, 0) is 80.9 Å². The molecule has 470 valence electrons. The van der Waals surface area contributed by atoms with Crippen LogP contribution < -0.4 is 5.73 Å². The smallest absolute Gasteiger partial charge is 0.297 e. The zero-order valence-electron chi connectivity index (χ0n) is 43.3. The molecule has 44 heteroatoms. The average Bonchev–Trinajstić information content (AvgIpc) is 0.759. The lowest BCUT2D eigenvalue weighted by Gasteiger charge is -2.15. The second kappa shape index (κ2) is 22.4. The molecule has 0 aliphatic heterocycles. The van der Waals surface area contributed by atoms with E-state index in [-0.39, 0.29) is 22.5 Å². The van der Waals surface area contributed by atoms with Crippen LogP contribution in [0.15, 0.2) is 189 Å². The van der Waals surface area contributed by atoms with Crippen molar-refractivity contribution in [2.45, 2.75) is 39.2 Å². The summed E-state index contributed by atoms with van der Waals surface area (Å²) in [5.74, 6) is -4.19. The molecule has 13 N–H and O–H groups in total. The predicted octanol–water partition coefficient (Wildman–Crippen LogP) is 8.63. The van der Waals surface area contributed by atoms with E-state index in [1.165, 1.54) is 30.3 Å². The van der Waals surface area contributed by atoms with Crippen molar-refractivity contribution in [1.29, 1.82) is 0 Å². The van der Waals surface area contributed by atoms with Gasteiger partial charge in [0.05, 0.1) is 16.8 Å². The molecule has 0 heterocycles. The molecular weight excluding hydrogens is 1370 g/mol. The highest BCUT2D eigenvalue weighted by Gasteiger charge is 2.32. The fourth-order valence-corrected chi connectivity index (χ4v) is 14.2. The minimum absolute atomic E-state index is 0.0259. The minimum atomic E-state index is -5.82. The summed E-state index contributed by atoms with van der Waals surface area (Å²) >= 11 is 0.